The van der Waals surface area contributed by atoms with Crippen LogP contribution in [0.25, 0.3) is 0 Å². The molecule has 31 heavy (non-hydrogen) atoms. The van der Waals surface area contributed by atoms with Gasteiger partial charge in [0.05, 0.1) is 0 Å². The predicted octanol–water partition coefficient (Wildman–Crippen LogP) is 4.00. The van der Waals surface area contributed by atoms with Crippen molar-refractivity contribution in [1.29, 1.82) is 0 Å². The van der Waals surface area contributed by atoms with Gasteiger partial charge in [0.1, 0.15) is 23.3 Å². The lowest BCUT2D eigenvalue weighted by atomic mass is 10.0. The van der Waals surface area contributed by atoms with E-state index in [1.165, 1.54) is 0 Å². The largest absolute Gasteiger partial charge is 0.458 e. The summed E-state index contributed by atoms with van der Waals surface area (Å²) >= 11 is 0. The van der Waals surface area contributed by atoms with E-state index in [9.17, 15) is 14.4 Å². The molecule has 1 rings (SSSR count). The SMILES string of the molecule is CC(C)C[C@H](NC(=O)OC(C)(C)C)C(=O)N[C@@H](Cc1ccccc1)C(=O)OC(C)(C)C. The number of hydrogen-bond acceptors (Lipinski definition) is 5. The first-order valence-electron chi connectivity index (χ1n) is 10.7. The summed E-state index contributed by atoms with van der Waals surface area (Å²) in [5.41, 5.74) is -0.489. The Hall–Kier alpha value is -2.57. The molecule has 0 unspecified atom stereocenters. The second-order valence-corrected chi connectivity index (χ2v) is 10.1. The third kappa shape index (κ3) is 11.4. The zero-order chi connectivity index (χ0) is 23.8. The molecule has 2 N–H and O–H groups in total. The molecule has 0 aliphatic carbocycles. The zero-order valence-electron chi connectivity index (χ0n) is 20.1. The molecule has 2 atom stereocenters. The molecular formula is C24H38N2O5. The molecule has 1 aromatic carbocycles. The Morgan fingerprint density at radius 3 is 1.87 bits per heavy atom. The van der Waals surface area contributed by atoms with E-state index in [0.29, 0.717) is 6.42 Å². The van der Waals surface area contributed by atoms with Gasteiger partial charge in [-0.25, -0.2) is 9.59 Å². The van der Waals surface area contributed by atoms with Crippen LogP contribution in [-0.4, -0.2) is 41.3 Å². The number of esters is 1. The van der Waals surface area contributed by atoms with Gasteiger partial charge in [-0.15, -0.1) is 0 Å². The monoisotopic (exact) mass is 434 g/mol. The van der Waals surface area contributed by atoms with Gasteiger partial charge in [0.2, 0.25) is 5.91 Å². The molecule has 0 spiro atoms. The molecule has 0 aromatic heterocycles. The van der Waals surface area contributed by atoms with Gasteiger partial charge in [0, 0.05) is 6.42 Å². The van der Waals surface area contributed by atoms with Crippen LogP contribution in [0, 0.1) is 5.92 Å². The summed E-state index contributed by atoms with van der Waals surface area (Å²) in [6.45, 7) is 14.5. The Bertz CT molecular complexity index is 733. The number of carbonyl (C=O) groups excluding carboxylic acids is 3. The normalized spacial score (nSPS) is 13.8. The fourth-order valence-electron chi connectivity index (χ4n) is 2.84. The van der Waals surface area contributed by atoms with Gasteiger partial charge in [-0.1, -0.05) is 44.2 Å². The van der Waals surface area contributed by atoms with Gasteiger partial charge >= 0.3 is 12.1 Å². The van der Waals surface area contributed by atoms with Gasteiger partial charge in [0.25, 0.3) is 0 Å². The Balaban J connectivity index is 3.01. The molecule has 2 amide bonds. The standard InChI is InChI=1S/C24H38N2O5/c1-16(2)14-18(26-22(29)31-24(6,7)8)20(27)25-19(21(28)30-23(3,4)5)15-17-12-10-9-11-13-17/h9-13,16,18-19H,14-15H2,1-8H3,(H,25,27)(H,26,29)/t18-,19-/m0/s1. The van der Waals surface area contributed by atoms with E-state index in [2.05, 4.69) is 10.6 Å². The molecule has 0 fully saturated rings. The third-order valence-electron chi connectivity index (χ3n) is 4.00. The number of benzene rings is 1. The van der Waals surface area contributed by atoms with E-state index < -0.39 is 41.3 Å². The van der Waals surface area contributed by atoms with Gasteiger partial charge in [-0.05, 0) is 59.4 Å². The van der Waals surface area contributed by atoms with E-state index in [0.717, 1.165) is 5.56 Å². The van der Waals surface area contributed by atoms with Crippen molar-refractivity contribution in [3.8, 4) is 0 Å². The number of amides is 2. The lowest BCUT2D eigenvalue weighted by molar-refractivity contribution is -0.158. The van der Waals surface area contributed by atoms with Crippen molar-refractivity contribution in [3.05, 3.63) is 35.9 Å². The van der Waals surface area contributed by atoms with Crippen LogP contribution in [0.2, 0.25) is 0 Å². The third-order valence-corrected chi connectivity index (χ3v) is 4.00. The van der Waals surface area contributed by atoms with Gasteiger partial charge < -0.3 is 20.1 Å². The minimum absolute atomic E-state index is 0.139. The van der Waals surface area contributed by atoms with Crippen molar-refractivity contribution >= 4 is 18.0 Å². The highest BCUT2D eigenvalue weighted by Gasteiger charge is 2.31. The topological polar surface area (TPSA) is 93.7 Å². The van der Waals surface area contributed by atoms with Crippen LogP contribution < -0.4 is 10.6 Å². The predicted molar refractivity (Wildman–Crippen MR) is 121 cm³/mol. The summed E-state index contributed by atoms with van der Waals surface area (Å²) in [6.07, 6.45) is 0.00458. The Morgan fingerprint density at radius 2 is 1.39 bits per heavy atom. The van der Waals surface area contributed by atoms with Crippen molar-refractivity contribution in [2.24, 2.45) is 5.92 Å². The summed E-state index contributed by atoms with van der Waals surface area (Å²) < 4.78 is 10.8. The van der Waals surface area contributed by atoms with Crippen LogP contribution in [0.4, 0.5) is 4.79 Å². The Kier molecular flexibility index (Phi) is 9.53. The number of alkyl carbamates (subject to hydrolysis) is 1. The average Bonchev–Trinajstić information content (AvgIpc) is 2.57. The van der Waals surface area contributed by atoms with Crippen LogP contribution in [-0.2, 0) is 25.5 Å². The highest BCUT2D eigenvalue weighted by molar-refractivity contribution is 5.90. The quantitative estimate of drug-likeness (QED) is 0.603. The van der Waals surface area contributed by atoms with Crippen LogP contribution in [0.15, 0.2) is 30.3 Å². The van der Waals surface area contributed by atoms with Crippen LogP contribution in [0.1, 0.15) is 67.4 Å². The van der Waals surface area contributed by atoms with Crippen molar-refractivity contribution in [1.82, 2.24) is 10.6 Å². The molecule has 174 valence electrons. The van der Waals surface area contributed by atoms with Crippen molar-refractivity contribution < 1.29 is 23.9 Å². The molecule has 0 saturated heterocycles. The molecule has 0 aliphatic rings. The fourth-order valence-corrected chi connectivity index (χ4v) is 2.84. The average molecular weight is 435 g/mol. The number of ether oxygens (including phenoxy) is 2. The van der Waals surface area contributed by atoms with E-state index in [4.69, 9.17) is 9.47 Å². The van der Waals surface area contributed by atoms with Crippen molar-refractivity contribution in [2.75, 3.05) is 0 Å². The maximum absolute atomic E-state index is 13.1. The van der Waals surface area contributed by atoms with Crippen LogP contribution in [0.3, 0.4) is 0 Å². The number of carbonyl (C=O) groups is 3. The molecule has 0 radical (unpaired) electrons. The lowest BCUT2D eigenvalue weighted by Gasteiger charge is -2.27. The zero-order valence-corrected chi connectivity index (χ0v) is 20.1. The van der Waals surface area contributed by atoms with Crippen molar-refractivity contribution in [2.45, 2.75) is 91.5 Å². The molecule has 0 aliphatic heterocycles. The Morgan fingerprint density at radius 1 is 0.839 bits per heavy atom. The van der Waals surface area contributed by atoms with E-state index in [1.54, 1.807) is 41.5 Å². The second-order valence-electron chi connectivity index (χ2n) is 10.1. The Labute approximate surface area is 186 Å². The maximum Gasteiger partial charge on any atom is 0.408 e. The molecule has 7 heteroatoms. The summed E-state index contributed by atoms with van der Waals surface area (Å²) in [4.78, 5) is 38.1. The first-order valence-corrected chi connectivity index (χ1v) is 10.7. The van der Waals surface area contributed by atoms with Crippen molar-refractivity contribution in [3.63, 3.8) is 0 Å². The second kappa shape index (κ2) is 11.2. The summed E-state index contributed by atoms with van der Waals surface area (Å²) in [7, 11) is 0. The molecule has 0 heterocycles. The molecule has 7 nitrogen and oxygen atoms in total. The molecule has 0 bridgehead atoms. The molecular weight excluding hydrogens is 396 g/mol. The minimum Gasteiger partial charge on any atom is -0.458 e. The highest BCUT2D eigenvalue weighted by atomic mass is 16.6. The minimum atomic E-state index is -0.885. The highest BCUT2D eigenvalue weighted by Crippen LogP contribution is 2.13. The first kappa shape index (κ1) is 26.5. The molecule has 1 aromatic rings. The fraction of sp³-hybridized carbons (Fsp3) is 0.625. The van der Waals surface area contributed by atoms with Gasteiger partial charge in [-0.3, -0.25) is 4.79 Å². The summed E-state index contributed by atoms with van der Waals surface area (Å²) in [5.74, 6) is -0.837. The van der Waals surface area contributed by atoms with E-state index in [1.807, 2.05) is 44.2 Å². The lowest BCUT2D eigenvalue weighted by Crippen LogP contribution is -2.54. The first-order chi connectivity index (χ1) is 14.2. The van der Waals surface area contributed by atoms with E-state index in [-0.39, 0.29) is 12.3 Å². The van der Waals surface area contributed by atoms with Crippen LogP contribution in [0.5, 0.6) is 0 Å². The smallest absolute Gasteiger partial charge is 0.408 e. The summed E-state index contributed by atoms with van der Waals surface area (Å²) in [6, 6.07) is 7.67. The number of rotatable bonds is 8. The number of hydrogen-bond donors (Lipinski definition) is 2. The van der Waals surface area contributed by atoms with E-state index >= 15 is 0 Å². The van der Waals surface area contributed by atoms with Crippen LogP contribution >= 0.6 is 0 Å². The van der Waals surface area contributed by atoms with Gasteiger partial charge in [0.15, 0.2) is 0 Å². The number of nitrogens with one attached hydrogen (secondary N) is 2. The van der Waals surface area contributed by atoms with Gasteiger partial charge in [-0.2, -0.15) is 0 Å². The maximum atomic E-state index is 13.1. The molecule has 0 saturated carbocycles. The summed E-state index contributed by atoms with van der Waals surface area (Å²) in [5, 5.41) is 5.41.